The molecule has 39 heavy (non-hydrogen) atoms. The monoisotopic (exact) mass is 752 g/mol. The van der Waals surface area contributed by atoms with Crippen LogP contribution >= 0.6 is 66.9 Å². The second-order valence-electron chi connectivity index (χ2n) is 11.3. The Morgan fingerprint density at radius 3 is 1.82 bits per heavy atom. The van der Waals surface area contributed by atoms with Gasteiger partial charge in [0.25, 0.3) is 0 Å². The molecular formula is C30H28Br3O4PS. The molecule has 0 saturated heterocycles. The second kappa shape index (κ2) is 10.5. The van der Waals surface area contributed by atoms with Crippen LogP contribution in [0, 0.1) is 0 Å². The Labute approximate surface area is 258 Å². The van der Waals surface area contributed by atoms with E-state index in [9.17, 15) is 4.57 Å². The summed E-state index contributed by atoms with van der Waals surface area (Å²) in [5, 5.41) is 4.66. The Morgan fingerprint density at radius 1 is 0.744 bits per heavy atom. The third kappa shape index (κ3) is 6.04. The smallest absolute Gasteiger partial charge is 0.402 e. The summed E-state index contributed by atoms with van der Waals surface area (Å²) in [6.07, 6.45) is 0. The van der Waals surface area contributed by atoms with Gasteiger partial charge in [-0.2, -0.15) is 0 Å². The van der Waals surface area contributed by atoms with Gasteiger partial charge in [0.2, 0.25) is 0 Å². The van der Waals surface area contributed by atoms with Gasteiger partial charge in [0, 0.05) is 19.9 Å². The summed E-state index contributed by atoms with van der Waals surface area (Å²) in [6.45, 7) is 10.9. The Morgan fingerprint density at radius 2 is 1.26 bits per heavy atom. The molecule has 0 aliphatic rings. The molecule has 1 heterocycles. The topological polar surface area (TPSA) is 44.8 Å². The lowest BCUT2D eigenvalue weighted by Gasteiger charge is -2.31. The first kappa shape index (κ1) is 29.2. The summed E-state index contributed by atoms with van der Waals surface area (Å²) in [5.74, 6) is 0.350. The molecule has 4 nitrogen and oxygen atoms in total. The predicted octanol–water partition coefficient (Wildman–Crippen LogP) is 12.3. The number of hydrogen-bond donors (Lipinski definition) is 0. The maximum atomic E-state index is 13.9. The molecule has 0 unspecified atom stereocenters. The maximum Gasteiger partial charge on any atom is 0.531 e. The molecule has 0 bridgehead atoms. The van der Waals surface area contributed by atoms with Gasteiger partial charge < -0.3 is 4.52 Å². The molecule has 0 aliphatic heterocycles. The summed E-state index contributed by atoms with van der Waals surface area (Å²) in [7, 11) is -4.00. The predicted molar refractivity (Wildman–Crippen MR) is 175 cm³/mol. The molecule has 204 valence electrons. The van der Waals surface area contributed by atoms with Gasteiger partial charge in [-0.05, 0) is 129 Å². The first-order valence-electron chi connectivity index (χ1n) is 12.4. The first-order valence-corrected chi connectivity index (χ1v) is 17.0. The maximum absolute atomic E-state index is 13.9. The number of benzene rings is 4. The van der Waals surface area contributed by atoms with E-state index >= 15 is 0 Å². The highest BCUT2D eigenvalue weighted by atomic mass is 79.9. The van der Waals surface area contributed by atoms with Gasteiger partial charge in [0.05, 0.1) is 24.8 Å². The molecule has 0 fully saturated rings. The molecule has 0 saturated carbocycles. The fraction of sp³-hybridized carbons (Fsp3) is 0.267. The zero-order valence-corrected chi connectivity index (χ0v) is 28.9. The first-order chi connectivity index (χ1) is 18.2. The van der Waals surface area contributed by atoms with Crippen molar-refractivity contribution in [2.24, 2.45) is 0 Å². The minimum Gasteiger partial charge on any atom is -0.402 e. The minimum absolute atomic E-state index is 0.350. The van der Waals surface area contributed by atoms with Crippen LogP contribution < -0.4 is 4.52 Å². The van der Waals surface area contributed by atoms with Crippen molar-refractivity contribution in [1.29, 1.82) is 0 Å². The highest BCUT2D eigenvalue weighted by molar-refractivity contribution is 9.11. The standard InChI is InChI=1S/C30H28Br3O4PS/c1-29(2,3)36-38(34,37-30(4,5)6)35-27-21(31)15-17(16-22(27)32)24-18-11-7-8-12-19(18)26(33)28-25(24)20-13-9-10-14-23(20)39-28/h7-16H,1-6H3. The molecule has 4 aromatic carbocycles. The average Bonchev–Trinajstić information content (AvgIpc) is 3.19. The zero-order valence-electron chi connectivity index (χ0n) is 22.4. The van der Waals surface area contributed by atoms with E-state index in [2.05, 4.69) is 96.3 Å². The van der Waals surface area contributed by atoms with Crippen LogP contribution in [-0.4, -0.2) is 11.2 Å². The normalized spacial score (nSPS) is 13.1. The molecule has 5 aromatic rings. The van der Waals surface area contributed by atoms with E-state index in [1.807, 2.05) is 53.7 Å². The van der Waals surface area contributed by atoms with Crippen molar-refractivity contribution in [3.8, 4) is 16.9 Å². The van der Waals surface area contributed by atoms with E-state index in [-0.39, 0.29) is 0 Å². The lowest BCUT2D eigenvalue weighted by Crippen LogP contribution is -2.25. The van der Waals surface area contributed by atoms with E-state index in [0.29, 0.717) is 14.7 Å². The van der Waals surface area contributed by atoms with Crippen molar-refractivity contribution < 1.29 is 18.1 Å². The second-order valence-corrected chi connectivity index (χ2v) is 16.2. The number of phosphoric acid groups is 1. The van der Waals surface area contributed by atoms with Crippen LogP contribution in [0.1, 0.15) is 41.5 Å². The fourth-order valence-electron chi connectivity index (χ4n) is 4.53. The summed E-state index contributed by atoms with van der Waals surface area (Å²) < 4.78 is 36.4. The Balaban J connectivity index is 1.73. The Bertz CT molecular complexity index is 1740. The van der Waals surface area contributed by atoms with Crippen LogP contribution in [0.15, 0.2) is 74.1 Å². The number of rotatable bonds is 5. The van der Waals surface area contributed by atoms with Crippen LogP contribution in [0.2, 0.25) is 0 Å². The highest BCUT2D eigenvalue weighted by Crippen LogP contribution is 2.58. The van der Waals surface area contributed by atoms with Crippen LogP contribution in [-0.2, 0) is 13.6 Å². The molecule has 0 N–H and O–H groups in total. The number of halogens is 3. The molecule has 5 rings (SSSR count). The van der Waals surface area contributed by atoms with E-state index in [0.717, 1.165) is 26.4 Å². The van der Waals surface area contributed by atoms with Gasteiger partial charge in [-0.1, -0.05) is 42.5 Å². The van der Waals surface area contributed by atoms with Gasteiger partial charge >= 0.3 is 7.82 Å². The summed E-state index contributed by atoms with van der Waals surface area (Å²) in [4.78, 5) is 0. The van der Waals surface area contributed by atoms with Crippen LogP contribution in [0.4, 0.5) is 0 Å². The molecule has 0 amide bonds. The molecule has 0 radical (unpaired) electrons. The molecular weight excluding hydrogens is 727 g/mol. The van der Waals surface area contributed by atoms with Gasteiger partial charge in [-0.15, -0.1) is 11.3 Å². The lowest BCUT2D eigenvalue weighted by molar-refractivity contribution is 0.0222. The summed E-state index contributed by atoms with van der Waals surface area (Å²) in [5.41, 5.74) is 0.611. The summed E-state index contributed by atoms with van der Waals surface area (Å²) in [6, 6.07) is 20.9. The quantitative estimate of drug-likeness (QED) is 0.168. The number of thiophene rings is 1. The van der Waals surface area contributed by atoms with Crippen LogP contribution in [0.5, 0.6) is 5.75 Å². The van der Waals surface area contributed by atoms with Crippen molar-refractivity contribution in [2.45, 2.75) is 52.7 Å². The average molecular weight is 755 g/mol. The van der Waals surface area contributed by atoms with E-state index in [1.54, 1.807) is 11.3 Å². The van der Waals surface area contributed by atoms with Crippen molar-refractivity contribution in [3.05, 3.63) is 74.1 Å². The molecule has 0 atom stereocenters. The Kier molecular flexibility index (Phi) is 7.91. The number of hydrogen-bond acceptors (Lipinski definition) is 5. The van der Waals surface area contributed by atoms with E-state index in [1.165, 1.54) is 20.2 Å². The third-order valence-corrected chi connectivity index (χ3v) is 11.1. The minimum atomic E-state index is -4.00. The molecule has 1 aromatic heterocycles. The van der Waals surface area contributed by atoms with E-state index in [4.69, 9.17) is 13.6 Å². The number of fused-ring (bicyclic) bond motifs is 4. The third-order valence-electron chi connectivity index (χ3n) is 5.74. The molecule has 0 aliphatic carbocycles. The van der Waals surface area contributed by atoms with Crippen molar-refractivity contribution in [2.75, 3.05) is 0 Å². The van der Waals surface area contributed by atoms with Crippen molar-refractivity contribution >= 4 is 97.9 Å². The van der Waals surface area contributed by atoms with Gasteiger partial charge in [0.1, 0.15) is 0 Å². The fourth-order valence-corrected chi connectivity index (χ4v) is 9.95. The molecule has 9 heteroatoms. The Hall–Kier alpha value is -1.25. The van der Waals surface area contributed by atoms with E-state index < -0.39 is 19.0 Å². The van der Waals surface area contributed by atoms with Crippen molar-refractivity contribution in [1.82, 2.24) is 0 Å². The zero-order chi connectivity index (χ0) is 28.3. The van der Waals surface area contributed by atoms with Gasteiger partial charge in [-0.3, -0.25) is 9.05 Å². The van der Waals surface area contributed by atoms with Gasteiger partial charge in [0.15, 0.2) is 5.75 Å². The summed E-state index contributed by atoms with van der Waals surface area (Å²) >= 11 is 13.1. The SMILES string of the molecule is CC(C)(C)OP(=O)(Oc1c(Br)cc(-c2c3ccccc3c(Br)c3sc4ccccc4c23)cc1Br)OC(C)(C)C. The van der Waals surface area contributed by atoms with Crippen LogP contribution in [0.25, 0.3) is 42.1 Å². The van der Waals surface area contributed by atoms with Gasteiger partial charge in [-0.25, -0.2) is 4.57 Å². The van der Waals surface area contributed by atoms with Crippen LogP contribution in [0.3, 0.4) is 0 Å². The lowest BCUT2D eigenvalue weighted by atomic mass is 9.93. The molecule has 0 spiro atoms. The number of phosphoric ester groups is 1. The highest BCUT2D eigenvalue weighted by Gasteiger charge is 2.39. The largest absolute Gasteiger partial charge is 0.531 e. The van der Waals surface area contributed by atoms with Crippen molar-refractivity contribution in [3.63, 3.8) is 0 Å².